The van der Waals surface area contributed by atoms with Gasteiger partial charge in [-0.05, 0) is 72.9 Å². The van der Waals surface area contributed by atoms with E-state index in [0.29, 0.717) is 68.4 Å². The molecule has 0 bridgehead atoms. The van der Waals surface area contributed by atoms with Crippen LogP contribution in [0.25, 0.3) is 0 Å². The van der Waals surface area contributed by atoms with E-state index in [1.165, 1.54) is 18.6 Å². The van der Waals surface area contributed by atoms with Gasteiger partial charge in [-0.2, -0.15) is 13.2 Å². The largest absolute Gasteiger partial charge is 0.497 e. The fraction of sp³-hybridized carbons (Fsp3) is 0.611. The van der Waals surface area contributed by atoms with Crippen LogP contribution in [0.2, 0.25) is 0 Å². The number of benzene rings is 2. The predicted molar refractivity (Wildman–Crippen MR) is 170 cm³/mol. The van der Waals surface area contributed by atoms with Gasteiger partial charge in [-0.3, -0.25) is 14.5 Å². The molecule has 0 unspecified atom stereocenters. The second kappa shape index (κ2) is 13.3. The molecule has 3 heterocycles. The number of anilines is 1. The van der Waals surface area contributed by atoms with Crippen molar-refractivity contribution in [3.63, 3.8) is 0 Å². The fourth-order valence-electron chi connectivity index (χ4n) is 8.25. The Morgan fingerprint density at radius 3 is 2.28 bits per heavy atom. The van der Waals surface area contributed by atoms with Crippen LogP contribution in [-0.4, -0.2) is 85.4 Å². The highest BCUT2D eigenvalue weighted by Crippen LogP contribution is 2.47. The van der Waals surface area contributed by atoms with Crippen molar-refractivity contribution < 1.29 is 37.0 Å². The fourth-order valence-corrected chi connectivity index (χ4v) is 8.25. The standard InChI is InChI=1S/C36H45F4N3O4/c1-3-24-19-43(20-30(24)29-12-9-27(36(38,39)40)17-32(29)42-15-13-26(14-16-42)33(44)45)34(46)35(37)22-41(18-23-5-4-6-23)21-31(35)25-7-10-28(47-2)11-8-25/h7-12,17,23-24,26,30-31H,3-6,13-16,18-22H2,1-2H3,(H,44,45)/t24-,30-,31-,35-/m0/s1. The average molecular weight is 660 g/mol. The first-order valence-electron chi connectivity index (χ1n) is 16.9. The lowest BCUT2D eigenvalue weighted by Gasteiger charge is -2.35. The number of amides is 1. The van der Waals surface area contributed by atoms with E-state index >= 15 is 4.39 Å². The smallest absolute Gasteiger partial charge is 0.416 e. The second-order valence-electron chi connectivity index (χ2n) is 14.0. The number of ether oxygens (including phenoxy) is 1. The summed E-state index contributed by atoms with van der Waals surface area (Å²) in [7, 11) is 1.57. The van der Waals surface area contributed by atoms with Gasteiger partial charge in [-0.1, -0.05) is 38.0 Å². The van der Waals surface area contributed by atoms with Crippen molar-refractivity contribution in [3.05, 3.63) is 59.2 Å². The van der Waals surface area contributed by atoms with E-state index in [0.717, 1.165) is 31.0 Å². The molecule has 4 atom stereocenters. The van der Waals surface area contributed by atoms with E-state index in [1.54, 1.807) is 24.1 Å². The Bertz CT molecular complexity index is 1440. The molecule has 47 heavy (non-hydrogen) atoms. The number of rotatable bonds is 9. The molecule has 0 aromatic heterocycles. The van der Waals surface area contributed by atoms with Crippen LogP contribution >= 0.6 is 0 Å². The molecule has 1 amide bonds. The van der Waals surface area contributed by atoms with Gasteiger partial charge in [0.1, 0.15) is 5.75 Å². The lowest BCUT2D eigenvalue weighted by molar-refractivity contribution is -0.143. The predicted octanol–water partition coefficient (Wildman–Crippen LogP) is 6.57. The number of halogens is 4. The summed E-state index contributed by atoms with van der Waals surface area (Å²) in [5, 5.41) is 9.48. The van der Waals surface area contributed by atoms with Crippen LogP contribution in [0.4, 0.5) is 23.2 Å². The van der Waals surface area contributed by atoms with E-state index in [1.807, 2.05) is 24.0 Å². The van der Waals surface area contributed by atoms with Gasteiger partial charge in [-0.15, -0.1) is 0 Å². The van der Waals surface area contributed by atoms with Crippen LogP contribution in [0.15, 0.2) is 42.5 Å². The van der Waals surface area contributed by atoms with E-state index in [9.17, 15) is 27.9 Å². The lowest BCUT2D eigenvalue weighted by Crippen LogP contribution is -2.50. The monoisotopic (exact) mass is 659 g/mol. The minimum atomic E-state index is -4.54. The van der Waals surface area contributed by atoms with Crippen LogP contribution in [-0.2, 0) is 15.8 Å². The number of likely N-dealkylation sites (tertiary alicyclic amines) is 2. The summed E-state index contributed by atoms with van der Waals surface area (Å²) >= 11 is 0. The van der Waals surface area contributed by atoms with Gasteiger partial charge in [0.05, 0.1) is 18.6 Å². The minimum absolute atomic E-state index is 0.0149. The third-order valence-corrected chi connectivity index (χ3v) is 11.3. The number of aliphatic carboxylic acids is 1. The van der Waals surface area contributed by atoms with Gasteiger partial charge in [0, 0.05) is 63.3 Å². The van der Waals surface area contributed by atoms with Crippen molar-refractivity contribution in [2.45, 2.75) is 69.1 Å². The molecule has 0 radical (unpaired) electrons. The van der Waals surface area contributed by atoms with E-state index in [-0.39, 0.29) is 24.9 Å². The summed E-state index contributed by atoms with van der Waals surface area (Å²) in [5.74, 6) is -1.81. The van der Waals surface area contributed by atoms with E-state index in [4.69, 9.17) is 4.74 Å². The summed E-state index contributed by atoms with van der Waals surface area (Å²) < 4.78 is 64.5. The number of methoxy groups -OCH3 is 1. The molecule has 6 rings (SSSR count). The van der Waals surface area contributed by atoms with Crippen molar-refractivity contribution in [2.75, 3.05) is 57.8 Å². The van der Waals surface area contributed by atoms with Gasteiger partial charge in [0.2, 0.25) is 5.67 Å². The quantitative estimate of drug-likeness (QED) is 0.307. The minimum Gasteiger partial charge on any atom is -0.497 e. The molecule has 1 N–H and O–H groups in total. The van der Waals surface area contributed by atoms with Crippen molar-refractivity contribution in [1.82, 2.24) is 9.80 Å². The lowest BCUT2D eigenvalue weighted by atomic mass is 9.84. The van der Waals surface area contributed by atoms with Gasteiger partial charge in [0.15, 0.2) is 0 Å². The molecule has 2 aromatic carbocycles. The zero-order valence-corrected chi connectivity index (χ0v) is 27.1. The molecule has 11 heteroatoms. The summed E-state index contributed by atoms with van der Waals surface area (Å²) in [4.78, 5) is 31.5. The Hall–Kier alpha value is -3.34. The Morgan fingerprint density at radius 1 is 1.00 bits per heavy atom. The zero-order chi connectivity index (χ0) is 33.5. The van der Waals surface area contributed by atoms with Crippen LogP contribution in [0.1, 0.15) is 74.0 Å². The van der Waals surface area contributed by atoms with Gasteiger partial charge in [-0.25, -0.2) is 4.39 Å². The number of hydrogen-bond acceptors (Lipinski definition) is 5. The molecule has 4 fully saturated rings. The summed E-state index contributed by atoms with van der Waals surface area (Å²) in [6.45, 7) is 4.40. The second-order valence-corrected chi connectivity index (χ2v) is 14.0. The van der Waals surface area contributed by atoms with Gasteiger partial charge >= 0.3 is 12.1 Å². The molecule has 1 saturated carbocycles. The molecule has 256 valence electrons. The number of piperidine rings is 1. The van der Waals surface area contributed by atoms with Gasteiger partial charge < -0.3 is 19.6 Å². The highest BCUT2D eigenvalue weighted by atomic mass is 19.4. The van der Waals surface area contributed by atoms with Crippen LogP contribution in [0, 0.1) is 17.8 Å². The molecule has 0 spiro atoms. The Kier molecular flexibility index (Phi) is 9.48. The summed E-state index contributed by atoms with van der Waals surface area (Å²) in [5.41, 5.74) is -1.03. The molecule has 2 aromatic rings. The maximum absolute atomic E-state index is 17.5. The number of carbonyl (C=O) groups is 2. The topological polar surface area (TPSA) is 73.3 Å². The average Bonchev–Trinajstić information content (AvgIpc) is 3.63. The molecule has 7 nitrogen and oxygen atoms in total. The van der Waals surface area contributed by atoms with Crippen LogP contribution in [0.5, 0.6) is 5.75 Å². The van der Waals surface area contributed by atoms with E-state index < -0.39 is 41.1 Å². The maximum atomic E-state index is 17.5. The Labute approximate surface area is 273 Å². The third kappa shape index (κ3) is 6.69. The molecule has 4 aliphatic rings. The Balaban J connectivity index is 1.28. The van der Waals surface area contributed by atoms with Crippen molar-refractivity contribution >= 4 is 17.6 Å². The first kappa shape index (κ1) is 33.6. The Morgan fingerprint density at radius 2 is 1.70 bits per heavy atom. The highest BCUT2D eigenvalue weighted by molar-refractivity contribution is 5.88. The first-order chi connectivity index (χ1) is 22.4. The summed E-state index contributed by atoms with van der Waals surface area (Å²) in [6.07, 6.45) is 0.221. The number of nitrogens with zero attached hydrogens (tertiary/aromatic N) is 3. The van der Waals surface area contributed by atoms with Crippen molar-refractivity contribution in [1.29, 1.82) is 0 Å². The number of carbonyl (C=O) groups excluding carboxylic acids is 1. The summed E-state index contributed by atoms with van der Waals surface area (Å²) in [6, 6.07) is 11.0. The van der Waals surface area contributed by atoms with Gasteiger partial charge in [0.25, 0.3) is 5.91 Å². The normalized spacial score (nSPS) is 27.7. The number of carboxylic acid groups (broad SMARTS) is 1. The number of hydrogen-bond donors (Lipinski definition) is 1. The number of carboxylic acids is 1. The maximum Gasteiger partial charge on any atom is 0.416 e. The third-order valence-electron chi connectivity index (χ3n) is 11.3. The molecule has 3 saturated heterocycles. The first-order valence-corrected chi connectivity index (χ1v) is 16.9. The molecule has 3 aliphatic heterocycles. The van der Waals surface area contributed by atoms with Crippen LogP contribution < -0.4 is 9.64 Å². The van der Waals surface area contributed by atoms with Crippen LogP contribution in [0.3, 0.4) is 0 Å². The molecule has 1 aliphatic carbocycles. The SMILES string of the molecule is CC[C@H]1CN(C(=O)[C@]2(F)CN(CC3CCC3)C[C@H]2c2ccc(OC)cc2)C[C@@H]1c1ccc(C(F)(F)F)cc1N1CCC(C(=O)O)CC1. The molecular formula is C36H45F4N3O4. The highest BCUT2D eigenvalue weighted by Gasteiger charge is 2.56. The van der Waals surface area contributed by atoms with E-state index in [2.05, 4.69) is 4.90 Å². The van der Waals surface area contributed by atoms with Crippen molar-refractivity contribution in [2.24, 2.45) is 17.8 Å². The number of alkyl halides is 4. The zero-order valence-electron chi connectivity index (χ0n) is 27.1. The molecular weight excluding hydrogens is 614 g/mol. The van der Waals surface area contributed by atoms with Crippen molar-refractivity contribution in [3.8, 4) is 5.75 Å².